The number of nitrogens with one attached hydrogen (secondary N) is 1. The molecule has 1 saturated carbocycles. The summed E-state index contributed by atoms with van der Waals surface area (Å²) in [4.78, 5) is 11.8. The van der Waals surface area contributed by atoms with Gasteiger partial charge in [0, 0.05) is 25.0 Å². The van der Waals surface area contributed by atoms with Crippen LogP contribution >= 0.6 is 0 Å². The molecule has 3 fully saturated rings. The number of rotatable bonds is 0. The Labute approximate surface area is 96.9 Å². The van der Waals surface area contributed by atoms with Crippen LogP contribution < -0.4 is 5.32 Å². The lowest BCUT2D eigenvalue weighted by atomic mass is 9.46. The van der Waals surface area contributed by atoms with E-state index in [1.165, 1.54) is 6.42 Å². The van der Waals surface area contributed by atoms with Crippen molar-refractivity contribution in [1.29, 1.82) is 0 Å². The Morgan fingerprint density at radius 2 is 2.00 bits per heavy atom. The van der Waals surface area contributed by atoms with E-state index in [1.54, 1.807) is 0 Å². The summed E-state index contributed by atoms with van der Waals surface area (Å²) < 4.78 is 5.46. The van der Waals surface area contributed by atoms with Crippen LogP contribution in [-0.4, -0.2) is 24.7 Å². The summed E-state index contributed by atoms with van der Waals surface area (Å²) in [5.41, 5.74) is 0.307. The van der Waals surface area contributed by atoms with E-state index < -0.39 is 0 Å². The first-order valence-corrected chi connectivity index (χ1v) is 6.48. The van der Waals surface area contributed by atoms with E-state index in [0.29, 0.717) is 5.92 Å². The molecule has 2 spiro atoms. The van der Waals surface area contributed by atoms with Gasteiger partial charge in [0.1, 0.15) is 0 Å². The van der Waals surface area contributed by atoms with Gasteiger partial charge in [-0.2, -0.15) is 0 Å². The molecule has 0 aromatic rings. The Bertz CT molecular complexity index is 308. The van der Waals surface area contributed by atoms with Gasteiger partial charge in [-0.3, -0.25) is 4.79 Å². The van der Waals surface area contributed by atoms with Gasteiger partial charge in [-0.05, 0) is 31.1 Å². The maximum Gasteiger partial charge on any atom is 0.221 e. The molecule has 3 unspecified atom stereocenters. The molecule has 1 amide bonds. The highest BCUT2D eigenvalue weighted by atomic mass is 16.5. The number of ether oxygens (including phenoxy) is 1. The maximum atomic E-state index is 11.8. The molecule has 16 heavy (non-hydrogen) atoms. The summed E-state index contributed by atoms with van der Waals surface area (Å²) in [7, 11) is 0. The van der Waals surface area contributed by atoms with E-state index in [-0.39, 0.29) is 16.9 Å². The van der Waals surface area contributed by atoms with Gasteiger partial charge in [-0.15, -0.1) is 0 Å². The van der Waals surface area contributed by atoms with E-state index in [9.17, 15) is 4.79 Å². The number of amides is 1. The highest BCUT2D eigenvalue weighted by molar-refractivity contribution is 5.81. The monoisotopic (exact) mass is 223 g/mol. The second-order valence-corrected chi connectivity index (χ2v) is 6.05. The average molecular weight is 223 g/mol. The third-order valence-electron chi connectivity index (χ3n) is 5.57. The molecular weight excluding hydrogens is 202 g/mol. The van der Waals surface area contributed by atoms with Crippen LogP contribution in [0, 0.1) is 17.3 Å². The van der Waals surface area contributed by atoms with Gasteiger partial charge in [0.05, 0.1) is 5.54 Å². The SMILES string of the molecule is CC1CC2(CC(=O)NC23CCOCC3)C1C. The highest BCUT2D eigenvalue weighted by Gasteiger charge is 2.66. The lowest BCUT2D eigenvalue weighted by molar-refractivity contribution is -0.121. The number of carbonyl (C=O) groups excluding carboxylic acids is 1. The third-order valence-corrected chi connectivity index (χ3v) is 5.57. The van der Waals surface area contributed by atoms with Crippen LogP contribution in [0.4, 0.5) is 0 Å². The Morgan fingerprint density at radius 3 is 2.56 bits per heavy atom. The molecule has 0 aromatic heterocycles. The van der Waals surface area contributed by atoms with Crippen molar-refractivity contribution in [3.8, 4) is 0 Å². The van der Waals surface area contributed by atoms with Crippen molar-refractivity contribution in [3.63, 3.8) is 0 Å². The normalized spacial score (nSPS) is 45.8. The molecule has 0 aromatic carbocycles. The van der Waals surface area contributed by atoms with E-state index in [2.05, 4.69) is 19.2 Å². The van der Waals surface area contributed by atoms with Crippen molar-refractivity contribution >= 4 is 5.91 Å². The predicted molar refractivity (Wildman–Crippen MR) is 60.9 cm³/mol. The Balaban J connectivity index is 1.94. The summed E-state index contributed by atoms with van der Waals surface area (Å²) in [5, 5.41) is 3.29. The molecule has 3 rings (SSSR count). The fraction of sp³-hybridized carbons (Fsp3) is 0.923. The molecule has 3 aliphatic rings. The minimum absolute atomic E-state index is 0.0637. The number of hydrogen-bond acceptors (Lipinski definition) is 2. The van der Waals surface area contributed by atoms with Crippen LogP contribution in [0.5, 0.6) is 0 Å². The lowest BCUT2D eigenvalue weighted by Gasteiger charge is -2.60. The van der Waals surface area contributed by atoms with E-state index >= 15 is 0 Å². The summed E-state index contributed by atoms with van der Waals surface area (Å²) in [6, 6.07) is 0. The van der Waals surface area contributed by atoms with Gasteiger partial charge < -0.3 is 10.1 Å². The highest BCUT2D eigenvalue weighted by Crippen LogP contribution is 2.63. The van der Waals surface area contributed by atoms with Gasteiger partial charge in [0.15, 0.2) is 0 Å². The smallest absolute Gasteiger partial charge is 0.221 e. The number of carbonyl (C=O) groups is 1. The predicted octanol–water partition coefficient (Wildman–Crippen LogP) is 1.72. The quantitative estimate of drug-likeness (QED) is 0.679. The van der Waals surface area contributed by atoms with Crippen molar-refractivity contribution in [2.45, 2.75) is 45.1 Å². The molecular formula is C13H21NO2. The molecule has 2 saturated heterocycles. The molecule has 1 N–H and O–H groups in total. The minimum atomic E-state index is 0.0637. The van der Waals surface area contributed by atoms with Crippen LogP contribution in [0.1, 0.15) is 39.5 Å². The topological polar surface area (TPSA) is 38.3 Å². The van der Waals surface area contributed by atoms with E-state index in [0.717, 1.165) is 38.4 Å². The summed E-state index contributed by atoms with van der Waals surface area (Å²) in [6.07, 6.45) is 3.98. The largest absolute Gasteiger partial charge is 0.381 e. The van der Waals surface area contributed by atoms with Crippen LogP contribution in [0.15, 0.2) is 0 Å². The van der Waals surface area contributed by atoms with Gasteiger partial charge >= 0.3 is 0 Å². The average Bonchev–Trinajstić information content (AvgIpc) is 2.54. The van der Waals surface area contributed by atoms with Crippen molar-refractivity contribution in [3.05, 3.63) is 0 Å². The first-order chi connectivity index (χ1) is 7.60. The summed E-state index contributed by atoms with van der Waals surface area (Å²) in [5.74, 6) is 1.71. The van der Waals surface area contributed by atoms with Gasteiger partial charge in [-0.25, -0.2) is 0 Å². The van der Waals surface area contributed by atoms with Crippen molar-refractivity contribution < 1.29 is 9.53 Å². The first kappa shape index (κ1) is 10.6. The number of hydrogen-bond donors (Lipinski definition) is 1. The minimum Gasteiger partial charge on any atom is -0.381 e. The molecule has 90 valence electrons. The fourth-order valence-corrected chi connectivity index (χ4v) is 4.42. The Morgan fingerprint density at radius 1 is 1.31 bits per heavy atom. The second kappa shape index (κ2) is 3.22. The molecule has 3 atom stereocenters. The Kier molecular flexibility index (Phi) is 2.13. The second-order valence-electron chi connectivity index (χ2n) is 6.05. The molecule has 2 aliphatic heterocycles. The van der Waals surface area contributed by atoms with Crippen molar-refractivity contribution in [2.75, 3.05) is 13.2 Å². The molecule has 2 heterocycles. The summed E-state index contributed by atoms with van der Waals surface area (Å²) in [6.45, 7) is 6.25. The van der Waals surface area contributed by atoms with Gasteiger partial charge in [0.2, 0.25) is 5.91 Å². The van der Waals surface area contributed by atoms with Crippen molar-refractivity contribution in [1.82, 2.24) is 5.32 Å². The zero-order chi connectivity index (χ0) is 11.4. The van der Waals surface area contributed by atoms with Crippen LogP contribution in [0.2, 0.25) is 0 Å². The zero-order valence-electron chi connectivity index (χ0n) is 10.2. The van der Waals surface area contributed by atoms with E-state index in [1.807, 2.05) is 0 Å². The number of fused-ring (bicyclic) bond motifs is 1. The Hall–Kier alpha value is -0.570. The third kappa shape index (κ3) is 1.10. The first-order valence-electron chi connectivity index (χ1n) is 6.48. The standard InChI is InChI=1S/C13H21NO2/c1-9-7-12(10(9)2)8-11(15)14-13(12)3-5-16-6-4-13/h9-10H,3-8H2,1-2H3,(H,14,15). The van der Waals surface area contributed by atoms with Gasteiger partial charge in [-0.1, -0.05) is 13.8 Å². The molecule has 0 radical (unpaired) electrons. The van der Waals surface area contributed by atoms with Gasteiger partial charge in [0.25, 0.3) is 0 Å². The molecule has 3 heteroatoms. The van der Waals surface area contributed by atoms with Crippen LogP contribution in [-0.2, 0) is 9.53 Å². The fourth-order valence-electron chi connectivity index (χ4n) is 4.42. The maximum absolute atomic E-state index is 11.8. The van der Waals surface area contributed by atoms with Crippen LogP contribution in [0.25, 0.3) is 0 Å². The summed E-state index contributed by atoms with van der Waals surface area (Å²) >= 11 is 0. The lowest BCUT2D eigenvalue weighted by Crippen LogP contribution is -2.63. The van der Waals surface area contributed by atoms with Crippen LogP contribution in [0.3, 0.4) is 0 Å². The molecule has 3 nitrogen and oxygen atoms in total. The molecule has 0 bridgehead atoms. The zero-order valence-corrected chi connectivity index (χ0v) is 10.2. The van der Waals surface area contributed by atoms with Crippen molar-refractivity contribution in [2.24, 2.45) is 17.3 Å². The molecule has 1 aliphatic carbocycles. The van der Waals surface area contributed by atoms with E-state index in [4.69, 9.17) is 4.74 Å².